The van der Waals surface area contributed by atoms with Gasteiger partial charge in [0.1, 0.15) is 0 Å². The molecule has 1 N–H and O–H groups in total. The zero-order chi connectivity index (χ0) is 43.5. The molecule has 61 heavy (non-hydrogen) atoms. The Morgan fingerprint density at radius 3 is 2.07 bits per heavy atom. The van der Waals surface area contributed by atoms with E-state index in [0.29, 0.717) is 55.0 Å². The number of halogens is 1. The van der Waals surface area contributed by atoms with Crippen molar-refractivity contribution in [3.05, 3.63) is 76.6 Å². The number of ether oxygens (including phenoxy) is 4. The van der Waals surface area contributed by atoms with Crippen LogP contribution in [0.1, 0.15) is 159 Å². The molecule has 0 amide bonds. The first-order valence-electron chi connectivity index (χ1n) is 23.7. The summed E-state index contributed by atoms with van der Waals surface area (Å²) in [5, 5.41) is 13.0. The van der Waals surface area contributed by atoms with E-state index < -0.39 is 0 Å². The number of nitrogens with zero attached hydrogens (tertiary/aromatic N) is 1. The Balaban J connectivity index is 0.000000228. The van der Waals surface area contributed by atoms with Crippen LogP contribution in [0.15, 0.2) is 65.4 Å². The van der Waals surface area contributed by atoms with Crippen LogP contribution in [0.25, 0.3) is 10.8 Å². The van der Waals surface area contributed by atoms with Crippen molar-refractivity contribution >= 4 is 23.2 Å². The van der Waals surface area contributed by atoms with Gasteiger partial charge in [0.25, 0.3) is 0 Å². The number of aliphatic hydroxyl groups is 1. The molecular formula is C54H80ClNO5. The number of aromatic nitrogens is 1. The highest BCUT2D eigenvalue weighted by Gasteiger charge is 2.63. The second kappa shape index (κ2) is 20.1. The van der Waals surface area contributed by atoms with Gasteiger partial charge in [-0.25, -0.2) is 0 Å². The molecule has 7 heteroatoms. The summed E-state index contributed by atoms with van der Waals surface area (Å²) in [6.45, 7) is 29.9. The number of aliphatic hydroxyl groups excluding tert-OH is 1. The summed E-state index contributed by atoms with van der Waals surface area (Å²) in [4.78, 5) is 4.65. The third-order valence-electron chi connectivity index (χ3n) is 16.1. The van der Waals surface area contributed by atoms with Crippen LogP contribution in [0, 0.1) is 39.4 Å². The first kappa shape index (κ1) is 48.8. The molecule has 6 nitrogen and oxygen atoms in total. The molecule has 2 saturated carbocycles. The fraction of sp³-hybridized carbons (Fsp3) is 0.648. The van der Waals surface area contributed by atoms with Crippen LogP contribution >= 0.6 is 12.4 Å². The van der Waals surface area contributed by atoms with E-state index >= 15 is 0 Å². The summed E-state index contributed by atoms with van der Waals surface area (Å²) in [6.07, 6.45) is 17.7. The highest BCUT2D eigenvalue weighted by molar-refractivity contribution is 5.88. The van der Waals surface area contributed by atoms with Gasteiger partial charge in [-0.3, -0.25) is 4.98 Å². The van der Waals surface area contributed by atoms with E-state index in [9.17, 15) is 5.11 Å². The third-order valence-corrected chi connectivity index (χ3v) is 16.1. The number of allylic oxidation sites excluding steroid dienone is 4. The average molecular weight is 859 g/mol. The highest BCUT2D eigenvalue weighted by Crippen LogP contribution is 2.72. The predicted octanol–water partition coefficient (Wildman–Crippen LogP) is 14.3. The van der Waals surface area contributed by atoms with E-state index in [1.165, 1.54) is 63.4 Å². The summed E-state index contributed by atoms with van der Waals surface area (Å²) >= 11 is 0. The topological polar surface area (TPSA) is 70.0 Å². The molecule has 1 aromatic heterocycles. The Kier molecular flexibility index (Phi) is 16.1. The van der Waals surface area contributed by atoms with Crippen molar-refractivity contribution in [1.29, 1.82) is 0 Å². The van der Waals surface area contributed by atoms with E-state index in [-0.39, 0.29) is 23.9 Å². The van der Waals surface area contributed by atoms with Crippen LogP contribution in [0.4, 0.5) is 0 Å². The summed E-state index contributed by atoms with van der Waals surface area (Å²) in [5.74, 6) is 5.37. The Morgan fingerprint density at radius 2 is 1.41 bits per heavy atom. The Labute approximate surface area is 376 Å². The zero-order valence-corrected chi connectivity index (χ0v) is 40.8. The average Bonchev–Trinajstić information content (AvgIpc) is 3.49. The van der Waals surface area contributed by atoms with E-state index in [1.54, 1.807) is 0 Å². The maximum atomic E-state index is 10.8. The first-order chi connectivity index (χ1) is 28.6. The SMILES string of the molecule is CC(C)=CCCC(C)C1CCC2(C)C3=C(CCC12C)C1(C)CCC(O)C(C)(C)C1CC3.CCOc1ccc(Cc2nccc3cc(OCC)c(OCC)cc23)cc1OCC.Cl. The van der Waals surface area contributed by atoms with Crippen LogP contribution in [-0.4, -0.2) is 42.6 Å². The number of pyridine rings is 1. The second-order valence-corrected chi connectivity index (χ2v) is 20.0. The fourth-order valence-electron chi connectivity index (χ4n) is 12.8. The van der Waals surface area contributed by atoms with Crippen LogP contribution < -0.4 is 18.9 Å². The van der Waals surface area contributed by atoms with Gasteiger partial charge in [-0.05, 0) is 186 Å². The second-order valence-electron chi connectivity index (χ2n) is 20.0. The van der Waals surface area contributed by atoms with E-state index in [1.807, 2.05) is 75.4 Å². The van der Waals surface area contributed by atoms with Crippen molar-refractivity contribution in [1.82, 2.24) is 4.98 Å². The first-order valence-corrected chi connectivity index (χ1v) is 23.7. The highest BCUT2D eigenvalue weighted by atomic mass is 35.5. The van der Waals surface area contributed by atoms with Gasteiger partial charge < -0.3 is 24.1 Å². The lowest BCUT2D eigenvalue weighted by molar-refractivity contribution is -0.0962. The Hall–Kier alpha value is -3.22. The largest absolute Gasteiger partial charge is 0.490 e. The lowest BCUT2D eigenvalue weighted by Crippen LogP contribution is -2.55. The normalized spacial score (nSPS) is 27.9. The lowest BCUT2D eigenvalue weighted by atomic mass is 9.43. The molecule has 7 atom stereocenters. The van der Waals surface area contributed by atoms with Crippen LogP contribution in [0.2, 0.25) is 0 Å². The van der Waals surface area contributed by atoms with Gasteiger partial charge in [0, 0.05) is 18.0 Å². The van der Waals surface area contributed by atoms with E-state index in [2.05, 4.69) is 72.5 Å². The Morgan fingerprint density at radius 1 is 0.770 bits per heavy atom. The smallest absolute Gasteiger partial charge is 0.161 e. The van der Waals surface area contributed by atoms with Crippen molar-refractivity contribution in [3.63, 3.8) is 0 Å². The molecule has 1 heterocycles. The fourth-order valence-corrected chi connectivity index (χ4v) is 12.8. The molecule has 2 aromatic carbocycles. The van der Waals surface area contributed by atoms with E-state index in [4.69, 9.17) is 18.9 Å². The third kappa shape index (κ3) is 9.52. The van der Waals surface area contributed by atoms with Crippen molar-refractivity contribution in [2.24, 2.45) is 39.4 Å². The molecule has 3 aromatic rings. The maximum absolute atomic E-state index is 10.8. The van der Waals surface area contributed by atoms with Gasteiger partial charge in [0.05, 0.1) is 38.2 Å². The predicted molar refractivity (Wildman–Crippen MR) is 256 cm³/mol. The molecule has 7 rings (SSSR count). The Bertz CT molecular complexity index is 2020. The standard InChI is InChI=1S/C30H50O.C24H29NO4.ClH/c1-20(2)10-9-11-21(3)22-14-18-30(8)24-12-13-25-27(4,5)26(31)16-17-28(25,6)23(24)15-19-29(22,30)7;1-5-26-21-10-9-17(14-22(21)27-6-2)13-20-19-16-24(29-8-4)23(28-7-3)15-18(19)11-12-25-20;/h10,21-22,25-26,31H,9,11-19H2,1-8H3;9-12,14-16H,5-8,13H2,1-4H3;1H. The van der Waals surface area contributed by atoms with Gasteiger partial charge in [-0.1, -0.05) is 70.4 Å². The monoisotopic (exact) mass is 858 g/mol. The van der Waals surface area contributed by atoms with Crippen LogP contribution in [-0.2, 0) is 6.42 Å². The van der Waals surface area contributed by atoms with Crippen LogP contribution in [0.5, 0.6) is 23.0 Å². The number of fused-ring (bicyclic) bond motifs is 5. The van der Waals surface area contributed by atoms with Gasteiger partial charge >= 0.3 is 0 Å². The molecule has 0 saturated heterocycles. The van der Waals surface area contributed by atoms with Gasteiger partial charge in [0.15, 0.2) is 23.0 Å². The van der Waals surface area contributed by atoms with Crippen molar-refractivity contribution < 1.29 is 24.1 Å². The molecule has 4 aliphatic rings. The summed E-state index contributed by atoms with van der Waals surface area (Å²) in [5.41, 5.74) is 8.51. The van der Waals surface area contributed by atoms with Gasteiger partial charge in [0.2, 0.25) is 0 Å². The molecule has 0 spiro atoms. The molecule has 0 bridgehead atoms. The minimum atomic E-state index is -0.130. The minimum absolute atomic E-state index is 0. The quantitative estimate of drug-likeness (QED) is 0.163. The summed E-state index contributed by atoms with van der Waals surface area (Å²) in [6, 6.07) is 12.1. The molecule has 0 aliphatic heterocycles. The molecule has 0 radical (unpaired) electrons. The molecule has 2 fully saturated rings. The molecule has 7 unspecified atom stereocenters. The number of benzene rings is 2. The van der Waals surface area contributed by atoms with Crippen LogP contribution in [0.3, 0.4) is 0 Å². The lowest BCUT2D eigenvalue weighted by Gasteiger charge is -2.62. The maximum Gasteiger partial charge on any atom is 0.161 e. The van der Waals surface area contributed by atoms with Gasteiger partial charge in [-0.15, -0.1) is 12.4 Å². The summed E-state index contributed by atoms with van der Waals surface area (Å²) in [7, 11) is 0. The number of rotatable bonds is 14. The van der Waals surface area contributed by atoms with Crippen molar-refractivity contribution in [3.8, 4) is 23.0 Å². The number of hydrogen-bond donors (Lipinski definition) is 1. The summed E-state index contributed by atoms with van der Waals surface area (Å²) < 4.78 is 23.0. The molecule has 338 valence electrons. The van der Waals surface area contributed by atoms with Crippen molar-refractivity contribution in [2.75, 3.05) is 26.4 Å². The van der Waals surface area contributed by atoms with Crippen molar-refractivity contribution in [2.45, 2.75) is 160 Å². The zero-order valence-electron chi connectivity index (χ0n) is 40.0. The van der Waals surface area contributed by atoms with Gasteiger partial charge in [-0.2, -0.15) is 0 Å². The molecule has 4 aliphatic carbocycles. The van der Waals surface area contributed by atoms with E-state index in [0.717, 1.165) is 63.3 Å². The number of hydrogen-bond acceptors (Lipinski definition) is 6. The molecular weight excluding hydrogens is 778 g/mol. The minimum Gasteiger partial charge on any atom is -0.490 e.